The molecule has 0 bridgehead atoms. The van der Waals surface area contributed by atoms with Crippen LogP contribution in [0.4, 0.5) is 0 Å². The molecule has 7 heteroatoms. The van der Waals surface area contributed by atoms with E-state index in [2.05, 4.69) is 45.3 Å². The number of nitrogens with zero attached hydrogens (tertiary/aromatic N) is 2. The fraction of sp³-hybridized carbons (Fsp3) is 0.263. The molecular weight excluding hydrogens is 459 g/mol. The van der Waals surface area contributed by atoms with Gasteiger partial charge < -0.3 is 15.1 Å². The maximum atomic E-state index is 5.30. The van der Waals surface area contributed by atoms with Crippen molar-refractivity contribution in [1.29, 1.82) is 0 Å². The molecule has 3 aromatic rings. The smallest absolute Gasteiger partial charge is 0.191 e. The van der Waals surface area contributed by atoms with E-state index >= 15 is 0 Å². The maximum Gasteiger partial charge on any atom is 0.191 e. The van der Waals surface area contributed by atoms with Gasteiger partial charge in [0, 0.05) is 18.8 Å². The summed E-state index contributed by atoms with van der Waals surface area (Å²) in [6, 6.07) is 14.3. The number of furan rings is 1. The normalized spacial score (nSPS) is 11.0. The Bertz CT molecular complexity index is 787. The standard InChI is InChI=1S/C19H22N4OS.HI/c1-20-19(22-13-17-8-5-11-24-17)21-12-16-14-25-18(23-16)10-9-15-6-3-2-4-7-15;/h2-8,11,14H,9-10,12-13H2,1H3,(H2,20,21,22);1H. The lowest BCUT2D eigenvalue weighted by atomic mass is 10.1. The fourth-order valence-electron chi connectivity index (χ4n) is 2.42. The van der Waals surface area contributed by atoms with Crippen LogP contribution in [0.5, 0.6) is 0 Å². The summed E-state index contributed by atoms with van der Waals surface area (Å²) in [4.78, 5) is 8.91. The quantitative estimate of drug-likeness (QED) is 0.304. The van der Waals surface area contributed by atoms with Crippen molar-refractivity contribution < 1.29 is 4.42 Å². The number of aromatic nitrogens is 1. The third kappa shape index (κ3) is 6.45. The number of guanidine groups is 1. The molecule has 2 N–H and O–H groups in total. The van der Waals surface area contributed by atoms with Crippen LogP contribution in [0.1, 0.15) is 22.0 Å². The van der Waals surface area contributed by atoms with Gasteiger partial charge >= 0.3 is 0 Å². The molecule has 2 heterocycles. The molecule has 26 heavy (non-hydrogen) atoms. The molecule has 0 saturated heterocycles. The second-order valence-electron chi connectivity index (χ2n) is 5.58. The molecule has 0 amide bonds. The van der Waals surface area contributed by atoms with E-state index in [1.807, 2.05) is 18.2 Å². The third-order valence-corrected chi connectivity index (χ3v) is 4.70. The Labute approximate surface area is 175 Å². The number of benzene rings is 1. The van der Waals surface area contributed by atoms with Gasteiger partial charge in [0.15, 0.2) is 5.96 Å². The predicted octanol–water partition coefficient (Wildman–Crippen LogP) is 4.00. The molecule has 0 saturated carbocycles. The van der Waals surface area contributed by atoms with E-state index < -0.39 is 0 Å². The van der Waals surface area contributed by atoms with Gasteiger partial charge in [0.05, 0.1) is 30.1 Å². The molecule has 0 aliphatic heterocycles. The molecule has 0 aliphatic carbocycles. The molecule has 138 valence electrons. The molecule has 2 aromatic heterocycles. The van der Waals surface area contributed by atoms with Gasteiger partial charge in [-0.2, -0.15) is 0 Å². The molecule has 0 radical (unpaired) electrons. The number of aryl methyl sites for hydroxylation is 2. The number of aliphatic imine (C=N–C) groups is 1. The summed E-state index contributed by atoms with van der Waals surface area (Å²) in [5.74, 6) is 1.61. The van der Waals surface area contributed by atoms with Crippen molar-refractivity contribution in [2.45, 2.75) is 25.9 Å². The first kappa shape index (κ1) is 20.4. The number of hydrogen-bond acceptors (Lipinski definition) is 4. The van der Waals surface area contributed by atoms with Crippen molar-refractivity contribution in [1.82, 2.24) is 15.6 Å². The van der Waals surface area contributed by atoms with Gasteiger partial charge in [-0.25, -0.2) is 4.98 Å². The molecule has 0 atom stereocenters. The van der Waals surface area contributed by atoms with Gasteiger partial charge in [0.1, 0.15) is 5.76 Å². The fourth-order valence-corrected chi connectivity index (χ4v) is 3.22. The third-order valence-electron chi connectivity index (χ3n) is 3.74. The Hall–Kier alpha value is -1.87. The molecule has 0 aliphatic rings. The molecule has 5 nitrogen and oxygen atoms in total. The first-order valence-corrected chi connectivity index (χ1v) is 9.15. The van der Waals surface area contributed by atoms with E-state index in [9.17, 15) is 0 Å². The summed E-state index contributed by atoms with van der Waals surface area (Å²) in [5.41, 5.74) is 2.38. The monoisotopic (exact) mass is 482 g/mol. The van der Waals surface area contributed by atoms with Crippen LogP contribution in [0.2, 0.25) is 0 Å². The number of hydrogen-bond donors (Lipinski definition) is 2. The van der Waals surface area contributed by atoms with Crippen LogP contribution in [-0.4, -0.2) is 18.0 Å². The lowest BCUT2D eigenvalue weighted by molar-refractivity contribution is 0.501. The minimum Gasteiger partial charge on any atom is -0.467 e. The molecule has 1 aromatic carbocycles. The molecule has 3 rings (SSSR count). The zero-order valence-electron chi connectivity index (χ0n) is 14.6. The zero-order valence-corrected chi connectivity index (χ0v) is 17.8. The average Bonchev–Trinajstić information content (AvgIpc) is 3.33. The van der Waals surface area contributed by atoms with Crippen LogP contribution in [0.15, 0.2) is 63.5 Å². The van der Waals surface area contributed by atoms with Gasteiger partial charge in [0.2, 0.25) is 0 Å². The van der Waals surface area contributed by atoms with E-state index in [1.165, 1.54) is 10.6 Å². The van der Waals surface area contributed by atoms with Crippen LogP contribution in [0.3, 0.4) is 0 Å². The SMILES string of the molecule is CN=C(NCc1csc(CCc2ccccc2)n1)NCc1ccco1.I. The minimum absolute atomic E-state index is 0. The summed E-state index contributed by atoms with van der Waals surface area (Å²) in [7, 11) is 1.75. The zero-order chi connectivity index (χ0) is 17.3. The average molecular weight is 482 g/mol. The van der Waals surface area contributed by atoms with Crippen LogP contribution in [0, 0.1) is 0 Å². The van der Waals surface area contributed by atoms with Gasteiger partial charge in [-0.05, 0) is 24.1 Å². The Balaban J connectivity index is 0.00000243. The summed E-state index contributed by atoms with van der Waals surface area (Å²) < 4.78 is 5.30. The van der Waals surface area contributed by atoms with Crippen molar-refractivity contribution >= 4 is 41.3 Å². The Kier molecular flexibility index (Phi) is 8.63. The molecular formula is C19H23IN4OS. The highest BCUT2D eigenvalue weighted by atomic mass is 127. The largest absolute Gasteiger partial charge is 0.467 e. The lowest BCUT2D eigenvalue weighted by Crippen LogP contribution is -2.36. The van der Waals surface area contributed by atoms with Crippen molar-refractivity contribution in [3.8, 4) is 0 Å². The van der Waals surface area contributed by atoms with E-state index in [-0.39, 0.29) is 24.0 Å². The molecule has 0 fully saturated rings. The van der Waals surface area contributed by atoms with Gasteiger partial charge in [0.25, 0.3) is 0 Å². The summed E-state index contributed by atoms with van der Waals surface area (Å²) >= 11 is 1.71. The maximum absolute atomic E-state index is 5.30. The van der Waals surface area contributed by atoms with Gasteiger partial charge in [-0.15, -0.1) is 35.3 Å². The topological polar surface area (TPSA) is 62.5 Å². The number of nitrogens with one attached hydrogen (secondary N) is 2. The first-order valence-electron chi connectivity index (χ1n) is 8.27. The van der Waals surface area contributed by atoms with Crippen LogP contribution >= 0.6 is 35.3 Å². The Morgan fingerprint density at radius 3 is 2.62 bits per heavy atom. The number of thiazole rings is 1. The summed E-state index contributed by atoms with van der Waals surface area (Å²) in [5, 5.41) is 9.76. The van der Waals surface area contributed by atoms with Gasteiger partial charge in [-0.1, -0.05) is 30.3 Å². The van der Waals surface area contributed by atoms with Crippen molar-refractivity contribution in [2.24, 2.45) is 4.99 Å². The first-order chi connectivity index (χ1) is 12.3. The number of halogens is 1. The van der Waals surface area contributed by atoms with Crippen LogP contribution in [0.25, 0.3) is 0 Å². The van der Waals surface area contributed by atoms with Gasteiger partial charge in [-0.3, -0.25) is 4.99 Å². The van der Waals surface area contributed by atoms with Crippen molar-refractivity contribution in [2.75, 3.05) is 7.05 Å². The van der Waals surface area contributed by atoms with Crippen LogP contribution < -0.4 is 10.6 Å². The van der Waals surface area contributed by atoms with E-state index in [4.69, 9.17) is 9.40 Å². The van der Waals surface area contributed by atoms with Crippen LogP contribution in [-0.2, 0) is 25.9 Å². The highest BCUT2D eigenvalue weighted by molar-refractivity contribution is 14.0. The minimum atomic E-state index is 0. The van der Waals surface area contributed by atoms with Crippen molar-refractivity contribution in [3.63, 3.8) is 0 Å². The summed E-state index contributed by atoms with van der Waals surface area (Å²) in [6.07, 6.45) is 3.66. The second kappa shape index (κ2) is 11.0. The highest BCUT2D eigenvalue weighted by Gasteiger charge is 2.05. The van der Waals surface area contributed by atoms with E-state index in [0.717, 1.165) is 30.3 Å². The predicted molar refractivity (Wildman–Crippen MR) is 117 cm³/mol. The van der Waals surface area contributed by atoms with E-state index in [0.29, 0.717) is 13.1 Å². The Morgan fingerprint density at radius 2 is 1.88 bits per heavy atom. The summed E-state index contributed by atoms with van der Waals surface area (Å²) in [6.45, 7) is 1.26. The second-order valence-corrected chi connectivity index (χ2v) is 6.52. The van der Waals surface area contributed by atoms with Crippen molar-refractivity contribution in [3.05, 3.63) is 76.1 Å². The molecule has 0 unspecified atom stereocenters. The Morgan fingerprint density at radius 1 is 1.08 bits per heavy atom. The number of rotatable bonds is 7. The van der Waals surface area contributed by atoms with E-state index in [1.54, 1.807) is 24.6 Å². The lowest BCUT2D eigenvalue weighted by Gasteiger charge is -2.09. The molecule has 0 spiro atoms. The highest BCUT2D eigenvalue weighted by Crippen LogP contribution is 2.13.